The first kappa shape index (κ1) is 14.6. The molecule has 0 radical (unpaired) electrons. The molecule has 1 atom stereocenters. The average Bonchev–Trinajstić information content (AvgIpc) is 2.73. The molecule has 0 aliphatic heterocycles. The maximum absolute atomic E-state index is 11.6. The van der Waals surface area contributed by atoms with Crippen LogP contribution in [0.4, 0.5) is 5.00 Å². The van der Waals surface area contributed by atoms with Gasteiger partial charge in [0.1, 0.15) is 0 Å². The van der Waals surface area contributed by atoms with Crippen LogP contribution in [-0.4, -0.2) is 22.9 Å². The summed E-state index contributed by atoms with van der Waals surface area (Å²) in [5, 5.41) is 18.2. The predicted octanol–water partition coefficient (Wildman–Crippen LogP) is 1.66. The van der Waals surface area contributed by atoms with E-state index in [1.807, 2.05) is 13.8 Å². The van der Waals surface area contributed by atoms with Crippen LogP contribution in [0.1, 0.15) is 26.3 Å². The summed E-state index contributed by atoms with van der Waals surface area (Å²) < 4.78 is 0. The number of hydrogen-bond donors (Lipinski definition) is 2. The molecule has 1 amide bonds. The van der Waals surface area contributed by atoms with Crippen LogP contribution < -0.4 is 10.6 Å². The van der Waals surface area contributed by atoms with E-state index in [4.69, 9.17) is 0 Å². The summed E-state index contributed by atoms with van der Waals surface area (Å²) in [5.74, 6) is -0.0743. The fraction of sp³-hybridized carbons (Fsp3) is 0.545. The number of thiophene rings is 1. The molecule has 0 saturated carbocycles. The quantitative estimate of drug-likeness (QED) is 0.608. The van der Waals surface area contributed by atoms with Gasteiger partial charge >= 0.3 is 5.00 Å². The fourth-order valence-electron chi connectivity index (χ4n) is 1.32. The van der Waals surface area contributed by atoms with E-state index in [2.05, 4.69) is 10.6 Å². The Balaban J connectivity index is 2.44. The number of nitro groups is 1. The first-order valence-corrected chi connectivity index (χ1v) is 6.53. The van der Waals surface area contributed by atoms with Crippen molar-refractivity contribution < 1.29 is 9.72 Å². The summed E-state index contributed by atoms with van der Waals surface area (Å²) in [7, 11) is 0. The van der Waals surface area contributed by atoms with Crippen molar-refractivity contribution in [3.05, 3.63) is 27.1 Å². The van der Waals surface area contributed by atoms with Crippen LogP contribution >= 0.6 is 11.3 Å². The lowest BCUT2D eigenvalue weighted by Gasteiger charge is -2.15. The highest BCUT2D eigenvalue weighted by Crippen LogP contribution is 2.22. The van der Waals surface area contributed by atoms with Gasteiger partial charge in [0.05, 0.1) is 11.0 Å². The van der Waals surface area contributed by atoms with Gasteiger partial charge in [-0.1, -0.05) is 11.3 Å². The van der Waals surface area contributed by atoms with E-state index in [0.717, 1.165) is 16.9 Å². The second kappa shape index (κ2) is 6.46. The van der Waals surface area contributed by atoms with Crippen molar-refractivity contribution in [2.75, 3.05) is 0 Å². The van der Waals surface area contributed by atoms with Gasteiger partial charge in [0.25, 0.3) is 0 Å². The normalized spacial score (nSPS) is 12.4. The number of nitrogens with zero attached hydrogens (tertiary/aromatic N) is 1. The van der Waals surface area contributed by atoms with Crippen LogP contribution in [0.3, 0.4) is 0 Å². The van der Waals surface area contributed by atoms with Gasteiger partial charge in [0.2, 0.25) is 5.91 Å². The molecule has 1 aromatic rings. The first-order chi connectivity index (χ1) is 8.40. The van der Waals surface area contributed by atoms with E-state index < -0.39 is 4.92 Å². The molecular formula is C11H17N3O3S. The minimum atomic E-state index is -0.414. The average molecular weight is 271 g/mol. The highest BCUT2D eigenvalue weighted by atomic mass is 32.1. The van der Waals surface area contributed by atoms with Gasteiger partial charge in [0, 0.05) is 24.0 Å². The zero-order valence-corrected chi connectivity index (χ0v) is 11.4. The largest absolute Gasteiger partial charge is 0.353 e. The summed E-state index contributed by atoms with van der Waals surface area (Å²) in [6.07, 6.45) is 0. The van der Waals surface area contributed by atoms with E-state index in [0.29, 0.717) is 6.54 Å². The molecule has 0 saturated heterocycles. The summed E-state index contributed by atoms with van der Waals surface area (Å²) in [6, 6.07) is 1.29. The molecule has 1 aromatic heterocycles. The van der Waals surface area contributed by atoms with Gasteiger partial charge in [-0.15, -0.1) is 0 Å². The lowest BCUT2D eigenvalue weighted by Crippen LogP contribution is -2.44. The number of carbonyl (C=O) groups is 1. The Morgan fingerprint density at radius 1 is 1.50 bits per heavy atom. The van der Waals surface area contributed by atoms with Crippen LogP contribution in [-0.2, 0) is 11.3 Å². The smallest absolute Gasteiger partial charge is 0.324 e. The second-order valence-corrected chi connectivity index (χ2v) is 5.21. The molecule has 2 N–H and O–H groups in total. The molecule has 100 valence electrons. The Bertz CT molecular complexity index is 431. The molecule has 0 aromatic carbocycles. The zero-order valence-electron chi connectivity index (χ0n) is 10.6. The van der Waals surface area contributed by atoms with Crippen molar-refractivity contribution in [1.82, 2.24) is 10.6 Å². The lowest BCUT2D eigenvalue weighted by molar-refractivity contribution is -0.380. The molecule has 6 nitrogen and oxygen atoms in total. The number of rotatable bonds is 6. The Morgan fingerprint density at radius 3 is 2.67 bits per heavy atom. The molecular weight excluding hydrogens is 254 g/mol. The zero-order chi connectivity index (χ0) is 13.7. The summed E-state index contributed by atoms with van der Waals surface area (Å²) >= 11 is 1.09. The Morgan fingerprint density at radius 2 is 2.17 bits per heavy atom. The highest BCUT2D eigenvalue weighted by molar-refractivity contribution is 7.13. The summed E-state index contributed by atoms with van der Waals surface area (Å²) in [4.78, 5) is 21.7. The van der Waals surface area contributed by atoms with Gasteiger partial charge in [-0.3, -0.25) is 14.9 Å². The Kier molecular flexibility index (Phi) is 5.24. The van der Waals surface area contributed by atoms with Crippen LogP contribution in [0.25, 0.3) is 0 Å². The third-order valence-corrected chi connectivity index (χ3v) is 3.19. The Labute approximate surface area is 110 Å². The third kappa shape index (κ3) is 4.42. The van der Waals surface area contributed by atoms with E-state index in [9.17, 15) is 14.9 Å². The molecule has 0 aliphatic carbocycles. The topological polar surface area (TPSA) is 84.3 Å². The predicted molar refractivity (Wildman–Crippen MR) is 70.6 cm³/mol. The highest BCUT2D eigenvalue weighted by Gasteiger charge is 2.14. The molecule has 1 unspecified atom stereocenters. The van der Waals surface area contributed by atoms with Crippen molar-refractivity contribution in [2.24, 2.45) is 0 Å². The number of carbonyl (C=O) groups excluding carboxylic acids is 1. The van der Waals surface area contributed by atoms with Crippen LogP contribution in [0.5, 0.6) is 0 Å². The summed E-state index contributed by atoms with van der Waals surface area (Å²) in [6.45, 7) is 6.00. The molecule has 0 bridgehead atoms. The van der Waals surface area contributed by atoms with Crippen molar-refractivity contribution in [3.8, 4) is 0 Å². The molecule has 18 heavy (non-hydrogen) atoms. The van der Waals surface area contributed by atoms with Crippen molar-refractivity contribution in [3.63, 3.8) is 0 Å². The van der Waals surface area contributed by atoms with Crippen molar-refractivity contribution >= 4 is 22.2 Å². The maximum atomic E-state index is 11.6. The third-order valence-electron chi connectivity index (χ3n) is 2.26. The van der Waals surface area contributed by atoms with Gasteiger partial charge in [-0.05, 0) is 26.3 Å². The number of hydrogen-bond acceptors (Lipinski definition) is 5. The van der Waals surface area contributed by atoms with Gasteiger partial charge in [-0.25, -0.2) is 0 Å². The van der Waals surface area contributed by atoms with Gasteiger partial charge < -0.3 is 10.6 Å². The van der Waals surface area contributed by atoms with E-state index in [1.165, 1.54) is 6.07 Å². The molecule has 0 fully saturated rings. The molecule has 7 heteroatoms. The van der Waals surface area contributed by atoms with Gasteiger partial charge in [0.15, 0.2) is 0 Å². The minimum Gasteiger partial charge on any atom is -0.353 e. The fourth-order valence-corrected chi connectivity index (χ4v) is 2.05. The number of amides is 1. The molecule has 1 rings (SSSR count). The minimum absolute atomic E-state index is 0.0743. The van der Waals surface area contributed by atoms with Crippen LogP contribution in [0.2, 0.25) is 0 Å². The first-order valence-electron chi connectivity index (χ1n) is 5.65. The summed E-state index contributed by atoms with van der Waals surface area (Å²) in [5.41, 5.74) is 0.816. The van der Waals surface area contributed by atoms with E-state index in [1.54, 1.807) is 12.3 Å². The van der Waals surface area contributed by atoms with Gasteiger partial charge in [-0.2, -0.15) is 0 Å². The Hall–Kier alpha value is -1.47. The lowest BCUT2D eigenvalue weighted by atomic mass is 10.2. The molecule has 1 heterocycles. The van der Waals surface area contributed by atoms with Crippen molar-refractivity contribution in [2.45, 2.75) is 39.4 Å². The molecule has 0 spiro atoms. The number of nitrogens with one attached hydrogen (secondary N) is 2. The second-order valence-electron chi connectivity index (χ2n) is 4.32. The van der Waals surface area contributed by atoms with Crippen molar-refractivity contribution in [1.29, 1.82) is 0 Å². The SMILES string of the molecule is CC(C)NC(=O)C(C)NCc1csc([N+](=O)[O-])c1. The van der Waals surface area contributed by atoms with E-state index in [-0.39, 0.29) is 23.0 Å². The van der Waals surface area contributed by atoms with E-state index >= 15 is 0 Å². The molecule has 0 aliphatic rings. The standard InChI is InChI=1S/C11H17N3O3S/c1-7(2)13-11(15)8(3)12-5-9-4-10(14(16)17)18-6-9/h4,6-8,12H,5H2,1-3H3,(H,13,15). The van der Waals surface area contributed by atoms with Crippen LogP contribution in [0, 0.1) is 10.1 Å². The monoisotopic (exact) mass is 271 g/mol. The maximum Gasteiger partial charge on any atom is 0.324 e. The van der Waals surface area contributed by atoms with Crippen LogP contribution in [0.15, 0.2) is 11.4 Å².